The number of carbonyl (C=O) groups is 8. The second kappa shape index (κ2) is 40.8. The number of hydrogen-bond acceptors (Lipinski definition) is 28. The van der Waals surface area contributed by atoms with Crippen LogP contribution in [0.15, 0.2) is 171 Å². The number of alkyl halides is 2. The molecule has 0 bridgehead atoms. The van der Waals surface area contributed by atoms with Crippen LogP contribution in [-0.4, -0.2) is 192 Å². The lowest BCUT2D eigenvalue weighted by Gasteiger charge is -2.30. The normalized spacial score (nSPS) is 22.0. The molecule has 3 aliphatic heterocycles. The van der Waals surface area contributed by atoms with Gasteiger partial charge in [-0.05, 0) is 140 Å². The number of nitrogens with two attached hydrogens (primary N) is 3. The van der Waals surface area contributed by atoms with Gasteiger partial charge in [0.1, 0.15) is 80.0 Å². The number of alkyl carbamates (subject to hydrolysis) is 2. The number of imidazole rings is 2. The Hall–Kier alpha value is -12.2. The number of hydrogen-bond donors (Lipinski definition) is 12. The average Bonchev–Trinajstić information content (AvgIpc) is 1.47. The average molecular weight is 1860 g/mol. The minimum atomic E-state index is -4.88. The third-order valence-corrected chi connectivity index (χ3v) is 30.0. The van der Waals surface area contributed by atoms with Crippen LogP contribution in [0.4, 0.5) is 45.2 Å². The molecule has 3 fully saturated rings. The van der Waals surface area contributed by atoms with Crippen LogP contribution in [0.5, 0.6) is 5.88 Å². The largest absolute Gasteiger partial charge is 0.492 e. The van der Waals surface area contributed by atoms with Crippen molar-refractivity contribution in [3.05, 3.63) is 204 Å². The van der Waals surface area contributed by atoms with Crippen molar-refractivity contribution in [1.29, 1.82) is 0 Å². The minimum absolute atomic E-state index is 0.0137. The lowest BCUT2D eigenvalue weighted by atomic mass is 9.98. The summed E-state index contributed by atoms with van der Waals surface area (Å²) in [6.45, 7) is -4.64. The molecule has 7 heterocycles. The number of fused-ring (bicyclic) bond motifs is 10. The maximum Gasteiger partial charge on any atom is 0.407 e. The first-order valence-corrected chi connectivity index (χ1v) is 48.1. The number of nitrogens with one attached hydrogen (secondary N) is 8. The van der Waals surface area contributed by atoms with Crippen molar-refractivity contribution in [2.75, 3.05) is 55.9 Å². The van der Waals surface area contributed by atoms with Gasteiger partial charge in [0.2, 0.25) is 29.5 Å². The quantitative estimate of drug-likeness (QED) is 0.0138. The third kappa shape index (κ3) is 21.3. The third-order valence-electron chi connectivity index (χ3n) is 22.7. The van der Waals surface area contributed by atoms with Crippen molar-refractivity contribution in [1.82, 2.24) is 70.9 Å². The van der Waals surface area contributed by atoms with Gasteiger partial charge in [0.05, 0.1) is 25.9 Å². The molecule has 5 aliphatic rings. The van der Waals surface area contributed by atoms with Gasteiger partial charge in [0.25, 0.3) is 0 Å². The lowest BCUT2D eigenvalue weighted by molar-refractivity contribution is -0.128. The molecule has 10 amide bonds. The van der Waals surface area contributed by atoms with E-state index in [0.29, 0.717) is 33.9 Å². The lowest BCUT2D eigenvalue weighted by Crippen LogP contribution is -2.54. The molecule has 3 saturated heterocycles. The summed E-state index contributed by atoms with van der Waals surface area (Å²) in [6.07, 6.45) is -12.3. The highest BCUT2D eigenvalue weighted by Crippen LogP contribution is 2.68. The Morgan fingerprint density at radius 2 is 0.885 bits per heavy atom. The molecule has 684 valence electrons. The van der Waals surface area contributed by atoms with Gasteiger partial charge < -0.3 is 83.8 Å². The van der Waals surface area contributed by atoms with Crippen LogP contribution in [0.2, 0.25) is 0 Å². The van der Waals surface area contributed by atoms with E-state index in [2.05, 4.69) is 72.4 Å². The summed E-state index contributed by atoms with van der Waals surface area (Å²) in [6, 6.07) is 37.1. The Labute approximate surface area is 750 Å². The van der Waals surface area contributed by atoms with Crippen LogP contribution in [0.1, 0.15) is 111 Å². The molecule has 6 aromatic carbocycles. The summed E-state index contributed by atoms with van der Waals surface area (Å²) < 4.78 is 120. The number of urea groups is 2. The first-order chi connectivity index (χ1) is 62.6. The number of nitrogen functional groups attached to an aromatic ring is 1. The zero-order chi connectivity index (χ0) is 91.7. The van der Waals surface area contributed by atoms with E-state index in [9.17, 15) is 43.5 Å². The first-order valence-electron chi connectivity index (χ1n) is 41.8. The van der Waals surface area contributed by atoms with Gasteiger partial charge in [0.15, 0.2) is 47.4 Å². The highest BCUT2D eigenvalue weighted by atomic mass is 32.7. The Morgan fingerprint density at radius 3 is 1.28 bits per heavy atom. The molecule has 0 radical (unpaired) electrons. The highest BCUT2D eigenvalue weighted by Gasteiger charge is 2.56. The monoisotopic (exact) mass is 1860 g/mol. The molecule has 38 nitrogen and oxygen atoms in total. The van der Waals surface area contributed by atoms with Crippen molar-refractivity contribution in [2.45, 2.75) is 150 Å². The van der Waals surface area contributed by atoms with Gasteiger partial charge in [-0.2, -0.15) is 4.98 Å². The van der Waals surface area contributed by atoms with Crippen molar-refractivity contribution in [3.8, 4) is 28.1 Å². The number of halogens is 2. The van der Waals surface area contributed by atoms with Crippen LogP contribution in [-0.2, 0) is 76.9 Å². The molecule has 44 heteroatoms. The molecule has 15 N–H and O–H groups in total. The zero-order valence-electron chi connectivity index (χ0n) is 70.5. The van der Waals surface area contributed by atoms with Gasteiger partial charge in [0, 0.05) is 47.8 Å². The molecule has 14 atom stereocenters. The van der Waals surface area contributed by atoms with E-state index in [1.54, 1.807) is 52.0 Å². The number of primary amides is 2. The van der Waals surface area contributed by atoms with Crippen LogP contribution < -0.4 is 59.7 Å². The van der Waals surface area contributed by atoms with E-state index in [4.69, 9.17) is 54.2 Å². The summed E-state index contributed by atoms with van der Waals surface area (Å²) >= 11 is 1.14. The topological polar surface area (TPSA) is 526 Å². The second-order valence-electron chi connectivity index (χ2n) is 32.0. The van der Waals surface area contributed by atoms with Gasteiger partial charge >= 0.3 is 37.8 Å². The minimum Gasteiger partial charge on any atom is -0.492 e. The van der Waals surface area contributed by atoms with Crippen molar-refractivity contribution >= 4 is 124 Å². The maximum absolute atomic E-state index is 17.9. The smallest absolute Gasteiger partial charge is 0.407 e. The van der Waals surface area contributed by atoms with Gasteiger partial charge in [-0.1, -0.05) is 149 Å². The summed E-state index contributed by atoms with van der Waals surface area (Å²) in [7, 11) is 0. The maximum atomic E-state index is 17.9. The van der Waals surface area contributed by atoms with Gasteiger partial charge in [-0.3, -0.25) is 46.4 Å². The predicted molar refractivity (Wildman–Crippen MR) is 475 cm³/mol. The number of amides is 10. The Bertz CT molecular complexity index is 5510. The summed E-state index contributed by atoms with van der Waals surface area (Å²) in [5, 5.41) is 32.1. The number of ether oxygens (including phenoxy) is 4. The molecule has 0 saturated carbocycles. The molecule has 2 aliphatic carbocycles. The summed E-state index contributed by atoms with van der Waals surface area (Å²) in [5.41, 5.74) is 26.0. The highest BCUT2D eigenvalue weighted by molar-refractivity contribution is 8.55. The van der Waals surface area contributed by atoms with E-state index in [1.807, 2.05) is 97.1 Å². The fourth-order valence-corrected chi connectivity index (χ4v) is 22.9. The zero-order valence-corrected chi connectivity index (χ0v) is 73.9. The van der Waals surface area contributed by atoms with Crippen LogP contribution >= 0.6 is 36.4 Å². The van der Waals surface area contributed by atoms with Gasteiger partial charge in [-0.25, -0.2) is 62.0 Å². The SMILES string of the molecule is CC(C)[C@H](NC(=O)OCC1c2ccccc2-c2ccccc21)C(=O)N[C@@H](CCCNC(N)=O)C(=O)Nc1ccc(CSP2(=O)OC[C@H]3O[C@@H](n4cnc5c(O)ncnc54)[C@H](F)[C@@H]3OP(=O)(SCc3ccc(NC(=O)[C@H](CCCNC(N)=O)NC(=O)[C@@H](NC(=O)OCC4c5ccccc5-c5ccccc54)C(C)C)cc3)OC[C@H]3O[C@@H](n4cnc5c(N)ncnc54)[C@H](F)[C@@H]3O2)cc1. The summed E-state index contributed by atoms with van der Waals surface area (Å²) in [4.78, 5) is 132. The van der Waals surface area contributed by atoms with E-state index in [0.717, 1.165) is 68.1 Å². The molecular formula is C86H95F2N19O19P2S2. The van der Waals surface area contributed by atoms with Crippen LogP contribution in [0, 0.1) is 11.8 Å². The van der Waals surface area contributed by atoms with E-state index in [-0.39, 0.29) is 115 Å². The number of rotatable bonds is 32. The molecule has 0 spiro atoms. The number of nitrogens with zero attached hydrogens (tertiary/aromatic N) is 8. The molecule has 130 heavy (non-hydrogen) atoms. The van der Waals surface area contributed by atoms with Gasteiger partial charge in [-0.15, -0.1) is 0 Å². The molecule has 15 rings (SSSR count). The van der Waals surface area contributed by atoms with Crippen molar-refractivity contribution in [2.24, 2.45) is 23.3 Å². The van der Waals surface area contributed by atoms with Crippen LogP contribution in [0.3, 0.4) is 0 Å². The molecule has 10 aromatic rings. The predicted octanol–water partition coefficient (Wildman–Crippen LogP) is 11.2. The number of aromatic hydroxyl groups is 1. The summed E-state index contributed by atoms with van der Waals surface area (Å²) in [5.74, 6) is -5.40. The first kappa shape index (κ1) is 92.5. The standard InChI is InChI=1S/C86H95F2N19O19P2S2/c1-45(2)67(104-85(115)119-35-59-55-19-9-5-15-51(55)52-16-6-10-20-56(52)59)79(111)102-61(23-13-33-92-83(90)113)76(108)100-49-29-25-47(26-30-49)39-129-127(117)122-38-64-72(66(88)82(124-64)107-44-99-70-75(107)96-42-97-78(70)110)126-128(118,121-37-63-71(125-127)65(87)81(123-63)106-43-98-69-73(89)94-41-95-74(69)106)130-40-48-27-31-50(32-28-48)101-77(109)62(24-14-34-93-84(91)114)103-80(112)68(46(3)4)105-86(116)120-36-60-57-21-11-7-17-53(57)54-18-8-12-22-58(54)60/h5-12,15-22,25-32,41-46,59-68,71-72,81-82H,13-14,23-24,33-40H2,1-4H3,(H,100,108)(H,101,109)(H,102,111)(H,103,112)(H,104,115)(H,105,116)(H2,89,94,95)(H3,90,92,113)(H3,91,93,114)(H,96,97,110)/t61-,62-,63+,64+,65+,66+,67-,68-,71+,72+,81+,82+,127?,128?/m0/s1. The molecular weight excluding hydrogens is 1770 g/mol. The second-order valence-corrected chi connectivity index (χ2v) is 40.1. The van der Waals surface area contributed by atoms with E-state index >= 15 is 17.9 Å². The fourth-order valence-electron chi connectivity index (χ4n) is 16.1. The van der Waals surface area contributed by atoms with Crippen LogP contribution in [0.25, 0.3) is 44.6 Å². The van der Waals surface area contributed by atoms with E-state index < -0.39 is 166 Å². The molecule has 4 aromatic heterocycles. The number of carbonyl (C=O) groups excluding carboxylic acids is 8. The van der Waals surface area contributed by atoms with E-state index in [1.165, 1.54) is 35.2 Å². The van der Waals surface area contributed by atoms with Crippen molar-refractivity contribution in [3.63, 3.8) is 0 Å². The van der Waals surface area contributed by atoms with Crippen molar-refractivity contribution < 1.29 is 98.4 Å². The Kier molecular flexibility index (Phi) is 29.0. The number of aromatic nitrogens is 8. The fraction of sp³-hybridized carbons (Fsp3) is 0.372. The number of benzene rings is 6. The number of anilines is 3. The Balaban J connectivity index is 0.639. The molecule has 2 unspecified atom stereocenters. The Morgan fingerprint density at radius 1 is 0.508 bits per heavy atom.